The van der Waals surface area contributed by atoms with E-state index >= 15 is 0 Å². The molecule has 1 heterocycles. The molecule has 2 atom stereocenters. The van der Waals surface area contributed by atoms with Crippen LogP contribution in [0.5, 0.6) is 0 Å². The second-order valence-electron chi connectivity index (χ2n) is 7.34. The first kappa shape index (κ1) is 21.7. The minimum atomic E-state index is -3.67. The lowest BCUT2D eigenvalue weighted by molar-refractivity contribution is 0.102. The molecule has 2 aromatic carbocycles. The highest BCUT2D eigenvalue weighted by atomic mass is 32.2. The van der Waals surface area contributed by atoms with Gasteiger partial charge in [0.2, 0.25) is 10.0 Å². The van der Waals surface area contributed by atoms with Crippen LogP contribution in [0.3, 0.4) is 0 Å². The van der Waals surface area contributed by atoms with Gasteiger partial charge in [-0.2, -0.15) is 4.31 Å². The molecule has 29 heavy (non-hydrogen) atoms. The van der Waals surface area contributed by atoms with Gasteiger partial charge in [0, 0.05) is 24.4 Å². The van der Waals surface area contributed by atoms with E-state index in [2.05, 4.69) is 5.32 Å². The lowest BCUT2D eigenvalue weighted by atomic mass is 10.1. The minimum absolute atomic E-state index is 0.0567. The summed E-state index contributed by atoms with van der Waals surface area (Å²) in [4.78, 5) is 13.5. The predicted octanol–water partition coefficient (Wildman–Crippen LogP) is 3.55. The number of para-hydroxylation sites is 1. The molecule has 1 aliphatic rings. The molecule has 3 rings (SSSR count). The topological polar surface area (TPSA) is 83.6 Å². The van der Waals surface area contributed by atoms with Gasteiger partial charge in [0.25, 0.3) is 5.91 Å². The second kappa shape index (κ2) is 8.77. The van der Waals surface area contributed by atoms with E-state index in [-0.39, 0.29) is 16.5 Å². The number of anilines is 1. The number of hydrogen-bond acceptors (Lipinski definition) is 4. The number of benzene rings is 2. The highest BCUT2D eigenvalue weighted by Crippen LogP contribution is 2.27. The number of aryl methyl sites for hydroxylation is 1. The van der Waals surface area contributed by atoms with Crippen molar-refractivity contribution >= 4 is 32.4 Å². The zero-order chi connectivity index (χ0) is 21.2. The Morgan fingerprint density at radius 3 is 2.59 bits per heavy atom. The lowest BCUT2D eigenvalue weighted by Crippen LogP contribution is -2.42. The van der Waals surface area contributed by atoms with Gasteiger partial charge < -0.3 is 5.32 Å². The first-order valence-corrected chi connectivity index (χ1v) is 12.6. The summed E-state index contributed by atoms with van der Waals surface area (Å²) in [5.41, 5.74) is 1.41. The Balaban J connectivity index is 1.93. The number of nitrogens with one attached hydrogen (secondary N) is 1. The molecule has 0 unspecified atom stereocenters. The van der Waals surface area contributed by atoms with Crippen LogP contribution < -0.4 is 5.32 Å². The predicted molar refractivity (Wildman–Crippen MR) is 115 cm³/mol. The average Bonchev–Trinajstić information content (AvgIpc) is 2.68. The molecule has 0 aliphatic carbocycles. The van der Waals surface area contributed by atoms with Gasteiger partial charge in [-0.25, -0.2) is 8.42 Å². The SMILES string of the molecule is Cc1ccc(S(=O)(=O)N2CCCC[C@H]2C)cc1C(=O)Nc1ccccc1[S@](C)=O. The van der Waals surface area contributed by atoms with Gasteiger partial charge in [-0.15, -0.1) is 0 Å². The summed E-state index contributed by atoms with van der Waals surface area (Å²) in [5, 5.41) is 2.78. The third-order valence-electron chi connectivity index (χ3n) is 5.25. The van der Waals surface area contributed by atoms with Crippen molar-refractivity contribution in [2.45, 2.75) is 48.9 Å². The molecule has 0 aromatic heterocycles. The number of piperidine rings is 1. The Hall–Kier alpha value is -2.03. The van der Waals surface area contributed by atoms with Crippen LogP contribution in [0, 0.1) is 6.92 Å². The van der Waals surface area contributed by atoms with Crippen LogP contribution in [0.4, 0.5) is 5.69 Å². The van der Waals surface area contributed by atoms with Crippen LogP contribution in [0.25, 0.3) is 0 Å². The van der Waals surface area contributed by atoms with Gasteiger partial charge in [0.05, 0.1) is 26.3 Å². The van der Waals surface area contributed by atoms with E-state index in [1.807, 2.05) is 6.92 Å². The number of hydrogen-bond donors (Lipinski definition) is 1. The zero-order valence-electron chi connectivity index (χ0n) is 16.8. The summed E-state index contributed by atoms with van der Waals surface area (Å²) in [7, 11) is -4.94. The summed E-state index contributed by atoms with van der Waals surface area (Å²) in [6.07, 6.45) is 4.24. The Labute approximate surface area is 174 Å². The Morgan fingerprint density at radius 1 is 1.17 bits per heavy atom. The van der Waals surface area contributed by atoms with Gasteiger partial charge in [0.15, 0.2) is 0 Å². The van der Waals surface area contributed by atoms with Crippen LogP contribution in [0.2, 0.25) is 0 Å². The van der Waals surface area contributed by atoms with E-state index in [9.17, 15) is 17.4 Å². The fourth-order valence-electron chi connectivity index (χ4n) is 3.58. The average molecular weight is 435 g/mol. The third kappa shape index (κ3) is 4.60. The smallest absolute Gasteiger partial charge is 0.256 e. The van der Waals surface area contributed by atoms with Gasteiger partial charge in [-0.1, -0.05) is 24.6 Å². The highest BCUT2D eigenvalue weighted by molar-refractivity contribution is 7.89. The number of amides is 1. The van der Waals surface area contributed by atoms with Gasteiger partial charge in [-0.3, -0.25) is 9.00 Å². The van der Waals surface area contributed by atoms with E-state index in [4.69, 9.17) is 0 Å². The molecule has 6 nitrogen and oxygen atoms in total. The number of sulfonamides is 1. The minimum Gasteiger partial charge on any atom is -0.321 e. The van der Waals surface area contributed by atoms with Crippen molar-refractivity contribution in [3.63, 3.8) is 0 Å². The third-order valence-corrected chi connectivity index (χ3v) is 8.23. The van der Waals surface area contributed by atoms with E-state index < -0.39 is 26.7 Å². The summed E-state index contributed by atoms with van der Waals surface area (Å²) in [5.74, 6) is -0.427. The van der Waals surface area contributed by atoms with Crippen molar-refractivity contribution in [3.05, 3.63) is 53.6 Å². The van der Waals surface area contributed by atoms with E-state index in [0.717, 1.165) is 19.3 Å². The van der Waals surface area contributed by atoms with Crippen molar-refractivity contribution < 1.29 is 17.4 Å². The standard InChI is InChI=1S/C21H26N2O4S2/c1-15-11-12-17(29(26,27)23-13-7-6-8-16(23)2)14-18(15)21(24)22-19-9-4-5-10-20(19)28(3)25/h4-5,9-12,14,16H,6-8,13H2,1-3H3,(H,22,24)/t16-,28+/m1/s1. The fraction of sp³-hybridized carbons (Fsp3) is 0.381. The molecule has 0 spiro atoms. The first-order chi connectivity index (χ1) is 13.7. The molecular formula is C21H26N2O4S2. The van der Waals surface area contributed by atoms with Crippen molar-refractivity contribution in [1.82, 2.24) is 4.31 Å². The lowest BCUT2D eigenvalue weighted by Gasteiger charge is -2.32. The van der Waals surface area contributed by atoms with Crippen LogP contribution in [0.15, 0.2) is 52.3 Å². The molecule has 2 aromatic rings. The van der Waals surface area contributed by atoms with Crippen LogP contribution in [0.1, 0.15) is 42.1 Å². The zero-order valence-corrected chi connectivity index (χ0v) is 18.5. The number of carbonyl (C=O) groups excluding carboxylic acids is 1. The summed E-state index contributed by atoms with van der Waals surface area (Å²) in [6, 6.07) is 11.5. The van der Waals surface area contributed by atoms with Crippen LogP contribution in [-0.2, 0) is 20.8 Å². The molecule has 0 radical (unpaired) electrons. The van der Waals surface area contributed by atoms with Crippen molar-refractivity contribution in [1.29, 1.82) is 0 Å². The fourth-order valence-corrected chi connectivity index (χ4v) is 6.01. The molecule has 0 bridgehead atoms. The normalized spacial score (nSPS) is 18.9. The Morgan fingerprint density at radius 2 is 1.90 bits per heavy atom. The maximum atomic E-state index is 13.1. The molecule has 1 saturated heterocycles. The molecule has 8 heteroatoms. The van der Waals surface area contributed by atoms with Crippen molar-refractivity contribution in [3.8, 4) is 0 Å². The first-order valence-electron chi connectivity index (χ1n) is 9.58. The molecule has 0 saturated carbocycles. The highest BCUT2D eigenvalue weighted by Gasteiger charge is 2.31. The monoisotopic (exact) mass is 434 g/mol. The van der Waals surface area contributed by atoms with E-state index in [1.165, 1.54) is 10.4 Å². The number of nitrogens with zero attached hydrogens (tertiary/aromatic N) is 1. The molecule has 1 aliphatic heterocycles. The summed E-state index contributed by atoms with van der Waals surface area (Å²) in [6.45, 7) is 4.17. The molecule has 1 fully saturated rings. The van der Waals surface area contributed by atoms with Crippen LogP contribution in [-0.4, -0.2) is 41.7 Å². The molecular weight excluding hydrogens is 408 g/mol. The van der Waals surface area contributed by atoms with Crippen molar-refractivity contribution in [2.24, 2.45) is 0 Å². The Bertz CT molecular complexity index is 1050. The summed E-state index contributed by atoms with van der Waals surface area (Å²) >= 11 is 0. The van der Waals surface area contributed by atoms with E-state index in [0.29, 0.717) is 22.7 Å². The van der Waals surface area contributed by atoms with E-state index in [1.54, 1.807) is 49.6 Å². The Kier molecular flexibility index (Phi) is 6.55. The summed E-state index contributed by atoms with van der Waals surface area (Å²) < 4.78 is 39.7. The number of rotatable bonds is 5. The number of carbonyl (C=O) groups is 1. The van der Waals surface area contributed by atoms with Gasteiger partial charge >= 0.3 is 0 Å². The largest absolute Gasteiger partial charge is 0.321 e. The van der Waals surface area contributed by atoms with Gasteiger partial charge in [-0.05, 0) is 56.5 Å². The van der Waals surface area contributed by atoms with Crippen LogP contribution >= 0.6 is 0 Å². The van der Waals surface area contributed by atoms with Crippen molar-refractivity contribution in [2.75, 3.05) is 18.1 Å². The molecule has 1 amide bonds. The quantitative estimate of drug-likeness (QED) is 0.780. The second-order valence-corrected chi connectivity index (χ2v) is 10.6. The maximum absolute atomic E-state index is 13.1. The molecule has 156 valence electrons. The maximum Gasteiger partial charge on any atom is 0.256 e. The van der Waals surface area contributed by atoms with Gasteiger partial charge in [0.1, 0.15) is 0 Å². The molecule has 1 N–H and O–H groups in total.